The summed E-state index contributed by atoms with van der Waals surface area (Å²) in [4.78, 5) is 16.3. The summed E-state index contributed by atoms with van der Waals surface area (Å²) in [6, 6.07) is 15.8. The molecule has 1 fully saturated rings. The minimum absolute atomic E-state index is 0.681. The number of benzene rings is 1. The van der Waals surface area contributed by atoms with Crippen molar-refractivity contribution < 1.29 is 0 Å². The van der Waals surface area contributed by atoms with Crippen molar-refractivity contribution in [2.45, 2.75) is 0 Å². The molecule has 0 radical (unpaired) electrons. The van der Waals surface area contributed by atoms with Crippen molar-refractivity contribution in [3.05, 3.63) is 65.9 Å². The molecule has 1 saturated heterocycles. The molecule has 0 saturated carbocycles. The van der Waals surface area contributed by atoms with E-state index in [-0.39, 0.29) is 0 Å². The maximum absolute atomic E-state index is 6.24. The normalized spacial score (nSPS) is 14.5. The van der Waals surface area contributed by atoms with Crippen molar-refractivity contribution in [2.24, 2.45) is 0 Å². The van der Waals surface area contributed by atoms with Crippen LogP contribution in [0.25, 0.3) is 28.2 Å². The molecule has 5 rings (SSSR count). The molecule has 0 bridgehead atoms. The molecular formula is C21H19ClN6. The summed E-state index contributed by atoms with van der Waals surface area (Å²) in [5, 5.41) is 4.06. The van der Waals surface area contributed by atoms with Crippen LogP contribution in [0.3, 0.4) is 0 Å². The molecule has 140 valence electrons. The van der Waals surface area contributed by atoms with E-state index in [4.69, 9.17) is 21.6 Å². The first-order valence-corrected chi connectivity index (χ1v) is 9.69. The Labute approximate surface area is 167 Å². The number of nitrogens with zero attached hydrogens (tertiary/aromatic N) is 5. The number of anilines is 1. The summed E-state index contributed by atoms with van der Waals surface area (Å²) < 4.78 is 2.08. The highest BCUT2D eigenvalue weighted by molar-refractivity contribution is 6.30. The van der Waals surface area contributed by atoms with E-state index in [0.29, 0.717) is 5.02 Å². The van der Waals surface area contributed by atoms with Gasteiger partial charge in [-0.1, -0.05) is 23.7 Å². The molecule has 0 aliphatic carbocycles. The van der Waals surface area contributed by atoms with Gasteiger partial charge >= 0.3 is 0 Å². The molecule has 4 heterocycles. The van der Waals surface area contributed by atoms with Crippen LogP contribution in [0.2, 0.25) is 5.02 Å². The summed E-state index contributed by atoms with van der Waals surface area (Å²) in [6.07, 6.45) is 3.56. The van der Waals surface area contributed by atoms with Crippen molar-refractivity contribution in [3.8, 4) is 17.1 Å². The van der Waals surface area contributed by atoms with E-state index in [0.717, 1.165) is 60.2 Å². The average Bonchev–Trinajstić information content (AvgIpc) is 3.14. The topological polar surface area (TPSA) is 58.9 Å². The monoisotopic (exact) mass is 390 g/mol. The number of imidazole rings is 1. The summed E-state index contributed by atoms with van der Waals surface area (Å²) in [7, 11) is 0. The van der Waals surface area contributed by atoms with Crippen LogP contribution in [0.4, 0.5) is 5.82 Å². The van der Waals surface area contributed by atoms with E-state index < -0.39 is 0 Å². The van der Waals surface area contributed by atoms with Crippen LogP contribution in [0.15, 0.2) is 60.9 Å². The third-order valence-corrected chi connectivity index (χ3v) is 5.17. The van der Waals surface area contributed by atoms with Gasteiger partial charge in [-0.05, 0) is 36.4 Å². The zero-order chi connectivity index (χ0) is 18.9. The van der Waals surface area contributed by atoms with Gasteiger partial charge in [0.15, 0.2) is 5.65 Å². The van der Waals surface area contributed by atoms with Crippen molar-refractivity contribution in [3.63, 3.8) is 0 Å². The lowest BCUT2D eigenvalue weighted by Gasteiger charge is -2.28. The summed E-state index contributed by atoms with van der Waals surface area (Å²) in [5.41, 5.74) is 3.60. The molecule has 1 aromatic carbocycles. The van der Waals surface area contributed by atoms with Gasteiger partial charge in [0, 0.05) is 49.2 Å². The average molecular weight is 391 g/mol. The molecule has 1 N–H and O–H groups in total. The Bertz CT molecular complexity index is 1120. The second-order valence-electron chi connectivity index (χ2n) is 6.74. The van der Waals surface area contributed by atoms with Gasteiger partial charge in [-0.2, -0.15) is 0 Å². The molecule has 0 amide bonds. The van der Waals surface area contributed by atoms with Crippen molar-refractivity contribution in [1.29, 1.82) is 0 Å². The molecule has 6 nitrogen and oxygen atoms in total. The standard InChI is InChI=1S/C21H19ClN6/c22-16-3-1-2-15(14-16)20-25-18-4-5-19(27-12-10-24-11-13-27)26-21(18)28(20)17-6-8-23-9-7-17/h1-9,14,24H,10-13H2. The lowest BCUT2D eigenvalue weighted by atomic mass is 10.2. The molecule has 4 aromatic rings. The first-order chi connectivity index (χ1) is 13.8. The van der Waals surface area contributed by atoms with Crippen LogP contribution in [0, 0.1) is 0 Å². The third kappa shape index (κ3) is 3.10. The van der Waals surface area contributed by atoms with E-state index in [9.17, 15) is 0 Å². The Morgan fingerprint density at radius 1 is 0.929 bits per heavy atom. The molecule has 7 heteroatoms. The molecular weight excluding hydrogens is 372 g/mol. The number of hydrogen-bond acceptors (Lipinski definition) is 5. The molecule has 28 heavy (non-hydrogen) atoms. The minimum Gasteiger partial charge on any atom is -0.354 e. The Morgan fingerprint density at radius 3 is 2.54 bits per heavy atom. The van der Waals surface area contributed by atoms with E-state index in [1.165, 1.54) is 0 Å². The second-order valence-corrected chi connectivity index (χ2v) is 7.17. The number of pyridine rings is 2. The van der Waals surface area contributed by atoms with Gasteiger partial charge in [0.05, 0.1) is 5.69 Å². The second kappa shape index (κ2) is 7.22. The number of nitrogens with one attached hydrogen (secondary N) is 1. The van der Waals surface area contributed by atoms with Gasteiger partial charge in [0.1, 0.15) is 17.2 Å². The molecule has 1 aliphatic rings. The fraction of sp³-hybridized carbons (Fsp3) is 0.190. The van der Waals surface area contributed by atoms with Crippen LogP contribution in [0.5, 0.6) is 0 Å². The molecule has 0 spiro atoms. The van der Waals surface area contributed by atoms with Crippen LogP contribution < -0.4 is 10.2 Å². The van der Waals surface area contributed by atoms with Crippen LogP contribution in [-0.4, -0.2) is 45.7 Å². The first-order valence-electron chi connectivity index (χ1n) is 9.31. The van der Waals surface area contributed by atoms with E-state index in [1.807, 2.05) is 42.5 Å². The summed E-state index contributed by atoms with van der Waals surface area (Å²) >= 11 is 6.24. The van der Waals surface area contributed by atoms with E-state index in [1.54, 1.807) is 12.4 Å². The third-order valence-electron chi connectivity index (χ3n) is 4.93. The van der Waals surface area contributed by atoms with E-state index in [2.05, 4.69) is 25.8 Å². The van der Waals surface area contributed by atoms with Crippen LogP contribution in [0.1, 0.15) is 0 Å². The van der Waals surface area contributed by atoms with Gasteiger partial charge in [0.25, 0.3) is 0 Å². The maximum atomic E-state index is 6.24. The molecule has 3 aromatic heterocycles. The molecule has 1 aliphatic heterocycles. The lowest BCUT2D eigenvalue weighted by Crippen LogP contribution is -2.43. The minimum atomic E-state index is 0.681. The summed E-state index contributed by atoms with van der Waals surface area (Å²) in [5.74, 6) is 1.79. The number of fused-ring (bicyclic) bond motifs is 1. The molecule has 0 atom stereocenters. The zero-order valence-corrected chi connectivity index (χ0v) is 16.0. The zero-order valence-electron chi connectivity index (χ0n) is 15.2. The quantitative estimate of drug-likeness (QED) is 0.579. The van der Waals surface area contributed by atoms with Gasteiger partial charge < -0.3 is 10.2 Å². The fourth-order valence-electron chi connectivity index (χ4n) is 3.58. The fourth-order valence-corrected chi connectivity index (χ4v) is 3.77. The van der Waals surface area contributed by atoms with Gasteiger partial charge in [-0.3, -0.25) is 9.55 Å². The van der Waals surface area contributed by atoms with Gasteiger partial charge in [-0.25, -0.2) is 9.97 Å². The van der Waals surface area contributed by atoms with E-state index >= 15 is 0 Å². The smallest absolute Gasteiger partial charge is 0.167 e. The highest BCUT2D eigenvalue weighted by atomic mass is 35.5. The Morgan fingerprint density at radius 2 is 1.75 bits per heavy atom. The van der Waals surface area contributed by atoms with Gasteiger partial charge in [-0.15, -0.1) is 0 Å². The Balaban J connectivity index is 1.73. The van der Waals surface area contributed by atoms with Crippen LogP contribution >= 0.6 is 11.6 Å². The predicted molar refractivity (Wildman–Crippen MR) is 112 cm³/mol. The van der Waals surface area contributed by atoms with Crippen molar-refractivity contribution >= 4 is 28.6 Å². The first kappa shape index (κ1) is 17.2. The Kier molecular flexibility index (Phi) is 4.43. The Hall–Kier alpha value is -2.96. The number of piperazine rings is 1. The number of halogens is 1. The highest BCUT2D eigenvalue weighted by Crippen LogP contribution is 2.30. The largest absolute Gasteiger partial charge is 0.354 e. The molecule has 0 unspecified atom stereocenters. The van der Waals surface area contributed by atoms with Gasteiger partial charge in [0.2, 0.25) is 0 Å². The van der Waals surface area contributed by atoms with Crippen molar-refractivity contribution in [1.82, 2.24) is 24.8 Å². The van der Waals surface area contributed by atoms with Crippen LogP contribution in [-0.2, 0) is 0 Å². The SMILES string of the molecule is Clc1cccc(-c2nc3ccc(N4CCNCC4)nc3n2-c2ccncc2)c1. The highest BCUT2D eigenvalue weighted by Gasteiger charge is 2.18. The number of rotatable bonds is 3. The number of hydrogen-bond donors (Lipinski definition) is 1. The summed E-state index contributed by atoms with van der Waals surface area (Å²) in [6.45, 7) is 3.83. The number of aromatic nitrogens is 4. The van der Waals surface area contributed by atoms with Crippen molar-refractivity contribution in [2.75, 3.05) is 31.1 Å². The maximum Gasteiger partial charge on any atom is 0.167 e. The predicted octanol–water partition coefficient (Wildman–Crippen LogP) is 3.55. The lowest BCUT2D eigenvalue weighted by molar-refractivity contribution is 0.585.